The first-order chi connectivity index (χ1) is 10.5. The standard InChI is InChI=1S/C15H24N2O2.C3H8/c1-5-17(11-10-16-15(18)19-4)13(3)14-8-6-12(2)7-9-14;1-3-2/h6-9,13H,5,10-11H2,1-4H3,(H,16,18);3H2,1-2H3/t13-;/m0./s1. The van der Waals surface area contributed by atoms with Crippen molar-refractivity contribution in [3.8, 4) is 0 Å². The van der Waals surface area contributed by atoms with Crippen LogP contribution in [0.5, 0.6) is 0 Å². The number of hydrogen-bond donors (Lipinski definition) is 1. The van der Waals surface area contributed by atoms with E-state index in [0.29, 0.717) is 12.6 Å². The second kappa shape index (κ2) is 12.0. The van der Waals surface area contributed by atoms with Gasteiger partial charge in [-0.2, -0.15) is 0 Å². The summed E-state index contributed by atoms with van der Waals surface area (Å²) in [4.78, 5) is 13.3. The molecule has 1 aromatic rings. The van der Waals surface area contributed by atoms with E-state index in [4.69, 9.17) is 0 Å². The van der Waals surface area contributed by atoms with Gasteiger partial charge in [-0.3, -0.25) is 4.90 Å². The lowest BCUT2D eigenvalue weighted by atomic mass is 10.1. The Kier molecular flexibility index (Phi) is 11.2. The Morgan fingerprint density at radius 3 is 2.23 bits per heavy atom. The monoisotopic (exact) mass is 308 g/mol. The third-order valence-electron chi connectivity index (χ3n) is 3.37. The predicted octanol–water partition coefficient (Wildman–Crippen LogP) is 4.15. The van der Waals surface area contributed by atoms with Crippen LogP contribution in [0.1, 0.15) is 51.3 Å². The molecular weight excluding hydrogens is 276 g/mol. The molecule has 0 fully saturated rings. The molecule has 22 heavy (non-hydrogen) atoms. The van der Waals surface area contributed by atoms with E-state index < -0.39 is 0 Å². The highest BCUT2D eigenvalue weighted by molar-refractivity contribution is 5.66. The zero-order valence-electron chi connectivity index (χ0n) is 15.0. The van der Waals surface area contributed by atoms with Gasteiger partial charge in [0.1, 0.15) is 0 Å². The Labute approximate surface area is 135 Å². The van der Waals surface area contributed by atoms with Crippen LogP contribution in [0.25, 0.3) is 0 Å². The molecule has 0 saturated heterocycles. The number of carbonyl (C=O) groups excluding carboxylic acids is 1. The molecule has 0 saturated carbocycles. The Morgan fingerprint density at radius 2 is 1.77 bits per heavy atom. The van der Waals surface area contributed by atoms with Crippen molar-refractivity contribution in [2.24, 2.45) is 0 Å². The molecule has 4 heteroatoms. The predicted molar refractivity (Wildman–Crippen MR) is 93.2 cm³/mol. The number of alkyl carbamates (subject to hydrolysis) is 1. The van der Waals surface area contributed by atoms with Gasteiger partial charge >= 0.3 is 6.09 Å². The van der Waals surface area contributed by atoms with E-state index in [1.165, 1.54) is 24.7 Å². The quantitative estimate of drug-likeness (QED) is 0.858. The number of hydrogen-bond acceptors (Lipinski definition) is 3. The second-order valence-corrected chi connectivity index (χ2v) is 5.34. The molecule has 1 atom stereocenters. The van der Waals surface area contributed by atoms with Gasteiger partial charge in [0.25, 0.3) is 0 Å². The van der Waals surface area contributed by atoms with Crippen molar-refractivity contribution in [1.82, 2.24) is 10.2 Å². The number of rotatable bonds is 6. The van der Waals surface area contributed by atoms with Gasteiger partial charge < -0.3 is 10.1 Å². The zero-order chi connectivity index (χ0) is 17.0. The molecule has 0 aliphatic carbocycles. The van der Waals surface area contributed by atoms with E-state index in [0.717, 1.165) is 13.1 Å². The molecule has 0 aliphatic heterocycles. The summed E-state index contributed by atoms with van der Waals surface area (Å²) in [5.41, 5.74) is 2.57. The number of methoxy groups -OCH3 is 1. The second-order valence-electron chi connectivity index (χ2n) is 5.34. The maximum Gasteiger partial charge on any atom is 0.406 e. The molecule has 1 N–H and O–H groups in total. The number of nitrogens with zero attached hydrogens (tertiary/aromatic N) is 1. The highest BCUT2D eigenvalue weighted by Crippen LogP contribution is 2.19. The Balaban J connectivity index is 0.00000135. The first-order valence-electron chi connectivity index (χ1n) is 8.12. The molecule has 4 nitrogen and oxygen atoms in total. The lowest BCUT2D eigenvalue weighted by Gasteiger charge is -2.28. The molecule has 0 spiro atoms. The fourth-order valence-corrected chi connectivity index (χ4v) is 2.06. The minimum absolute atomic E-state index is 0.338. The molecule has 0 aromatic heterocycles. The number of amides is 1. The minimum atomic E-state index is -0.376. The van der Waals surface area contributed by atoms with Crippen LogP contribution in [0.3, 0.4) is 0 Å². The van der Waals surface area contributed by atoms with Crippen LogP contribution < -0.4 is 5.32 Å². The first-order valence-corrected chi connectivity index (χ1v) is 8.12. The summed E-state index contributed by atoms with van der Waals surface area (Å²) in [5, 5.41) is 2.71. The molecule has 1 amide bonds. The minimum Gasteiger partial charge on any atom is -0.453 e. The van der Waals surface area contributed by atoms with Crippen LogP contribution >= 0.6 is 0 Å². The summed E-state index contributed by atoms with van der Waals surface area (Å²) >= 11 is 0. The first kappa shape index (κ1) is 20.5. The van der Waals surface area contributed by atoms with Crippen LogP contribution in [0, 0.1) is 6.92 Å². The summed E-state index contributed by atoms with van der Waals surface area (Å²) in [6, 6.07) is 8.93. The van der Waals surface area contributed by atoms with Gasteiger partial charge in [-0.15, -0.1) is 0 Å². The third kappa shape index (κ3) is 8.03. The molecule has 1 aromatic carbocycles. The number of nitrogens with one attached hydrogen (secondary N) is 1. The van der Waals surface area contributed by atoms with Gasteiger partial charge in [0, 0.05) is 19.1 Å². The Hall–Kier alpha value is -1.55. The molecule has 0 aliphatic rings. The van der Waals surface area contributed by atoms with E-state index in [1.807, 2.05) is 0 Å². The van der Waals surface area contributed by atoms with Crippen molar-refractivity contribution in [3.63, 3.8) is 0 Å². The normalized spacial score (nSPS) is 11.4. The average Bonchev–Trinajstić information content (AvgIpc) is 2.52. The number of aryl methyl sites for hydroxylation is 1. The Bertz CT molecular complexity index is 404. The van der Waals surface area contributed by atoms with Crippen LogP contribution in [0.4, 0.5) is 4.79 Å². The van der Waals surface area contributed by atoms with E-state index in [-0.39, 0.29) is 6.09 Å². The van der Waals surface area contributed by atoms with Crippen molar-refractivity contribution in [1.29, 1.82) is 0 Å². The summed E-state index contributed by atoms with van der Waals surface area (Å²) < 4.78 is 4.56. The van der Waals surface area contributed by atoms with Crippen molar-refractivity contribution < 1.29 is 9.53 Å². The summed E-state index contributed by atoms with van der Waals surface area (Å²) in [6.45, 7) is 13.0. The number of benzene rings is 1. The Morgan fingerprint density at radius 1 is 1.23 bits per heavy atom. The largest absolute Gasteiger partial charge is 0.453 e. The van der Waals surface area contributed by atoms with Gasteiger partial charge in [0.15, 0.2) is 0 Å². The van der Waals surface area contributed by atoms with Crippen molar-refractivity contribution in [2.45, 2.75) is 47.1 Å². The van der Waals surface area contributed by atoms with Crippen LogP contribution in [0.15, 0.2) is 24.3 Å². The summed E-state index contributed by atoms with van der Waals surface area (Å²) in [5.74, 6) is 0. The van der Waals surface area contributed by atoms with E-state index in [2.05, 4.69) is 73.8 Å². The molecule has 0 radical (unpaired) electrons. The van der Waals surface area contributed by atoms with E-state index in [1.54, 1.807) is 0 Å². The molecule has 1 rings (SSSR count). The van der Waals surface area contributed by atoms with E-state index in [9.17, 15) is 4.79 Å². The zero-order valence-corrected chi connectivity index (χ0v) is 15.0. The van der Waals surface area contributed by atoms with Gasteiger partial charge in [0.05, 0.1) is 7.11 Å². The number of ether oxygens (including phenoxy) is 1. The van der Waals surface area contributed by atoms with Gasteiger partial charge in [-0.25, -0.2) is 4.79 Å². The highest BCUT2D eigenvalue weighted by atomic mass is 16.5. The molecular formula is C18H32N2O2. The maximum absolute atomic E-state index is 11.0. The van der Waals surface area contributed by atoms with Gasteiger partial charge in [-0.05, 0) is 26.0 Å². The van der Waals surface area contributed by atoms with E-state index >= 15 is 0 Å². The topological polar surface area (TPSA) is 41.6 Å². The average molecular weight is 308 g/mol. The molecule has 0 unspecified atom stereocenters. The SMILES string of the molecule is CCC.CCN(CCNC(=O)OC)[C@@H](C)c1ccc(C)cc1. The van der Waals surface area contributed by atoms with Gasteiger partial charge in [-0.1, -0.05) is 57.0 Å². The number of likely N-dealkylation sites (N-methyl/N-ethyl adjacent to an activating group) is 1. The summed E-state index contributed by atoms with van der Waals surface area (Å²) in [6.07, 6.45) is 0.874. The fraction of sp³-hybridized carbons (Fsp3) is 0.611. The third-order valence-corrected chi connectivity index (χ3v) is 3.37. The molecule has 0 heterocycles. The molecule has 0 bridgehead atoms. The molecule has 126 valence electrons. The number of carbonyl (C=O) groups is 1. The van der Waals surface area contributed by atoms with Gasteiger partial charge in [0.2, 0.25) is 0 Å². The van der Waals surface area contributed by atoms with Crippen LogP contribution in [-0.4, -0.2) is 37.7 Å². The van der Waals surface area contributed by atoms with Crippen molar-refractivity contribution in [3.05, 3.63) is 35.4 Å². The highest BCUT2D eigenvalue weighted by Gasteiger charge is 2.13. The fourth-order valence-electron chi connectivity index (χ4n) is 2.06. The maximum atomic E-state index is 11.0. The van der Waals surface area contributed by atoms with Crippen molar-refractivity contribution in [2.75, 3.05) is 26.7 Å². The van der Waals surface area contributed by atoms with Crippen LogP contribution in [0.2, 0.25) is 0 Å². The van der Waals surface area contributed by atoms with Crippen molar-refractivity contribution >= 4 is 6.09 Å². The summed E-state index contributed by atoms with van der Waals surface area (Å²) in [7, 11) is 1.38. The lowest BCUT2D eigenvalue weighted by Crippen LogP contribution is -2.36. The smallest absolute Gasteiger partial charge is 0.406 e. The van der Waals surface area contributed by atoms with Crippen LogP contribution in [-0.2, 0) is 4.74 Å². The lowest BCUT2D eigenvalue weighted by molar-refractivity contribution is 0.165.